The molecule has 3 N–H and O–H groups in total. The summed E-state index contributed by atoms with van der Waals surface area (Å²) in [6, 6.07) is 9.90. The molecule has 0 aromatic heterocycles. The van der Waals surface area contributed by atoms with Gasteiger partial charge in [0.15, 0.2) is 0 Å². The first-order valence-electron chi connectivity index (χ1n) is 5.63. The lowest BCUT2D eigenvalue weighted by atomic mass is 10.2. The van der Waals surface area contributed by atoms with E-state index >= 15 is 0 Å². The second-order valence-corrected chi connectivity index (χ2v) is 7.62. The first-order valence-corrected chi connectivity index (χ1v) is 8.70. The Bertz CT molecular complexity index is 761. The molecule has 0 spiro atoms. The van der Waals surface area contributed by atoms with Crippen molar-refractivity contribution < 1.29 is 8.42 Å². The van der Waals surface area contributed by atoms with Crippen LogP contribution in [0, 0.1) is 6.92 Å². The van der Waals surface area contributed by atoms with Crippen LogP contribution in [0.4, 0.5) is 11.4 Å². The molecule has 7 heteroatoms. The number of anilines is 2. The lowest BCUT2D eigenvalue weighted by Gasteiger charge is -2.11. The molecule has 4 nitrogen and oxygen atoms in total. The Morgan fingerprint density at radius 1 is 1.10 bits per heavy atom. The molecule has 0 fully saturated rings. The van der Waals surface area contributed by atoms with Crippen LogP contribution in [0.5, 0.6) is 0 Å². The fourth-order valence-corrected chi connectivity index (χ4v) is 4.37. The minimum absolute atomic E-state index is 0.164. The Hall–Kier alpha value is -1.05. The first kappa shape index (κ1) is 15.3. The van der Waals surface area contributed by atoms with Gasteiger partial charge in [-0.15, -0.1) is 0 Å². The standard InChI is InChI=1S/C13H12Br2N2O2S/c1-8-5-12(15)13(7-11(8)14)20(18,19)17-10-4-2-3-9(16)6-10/h2-7,17H,16H2,1H3. The number of nitrogens with two attached hydrogens (primary N) is 1. The molecular formula is C13H12Br2N2O2S. The molecule has 0 aliphatic carbocycles. The Labute approximate surface area is 134 Å². The first-order chi connectivity index (χ1) is 9.29. The third kappa shape index (κ3) is 3.34. The molecule has 0 saturated heterocycles. The van der Waals surface area contributed by atoms with Gasteiger partial charge in [0.25, 0.3) is 10.0 Å². The normalized spacial score (nSPS) is 11.3. The molecule has 2 aromatic carbocycles. The number of aryl methyl sites for hydroxylation is 1. The summed E-state index contributed by atoms with van der Waals surface area (Å²) in [5, 5.41) is 0. The van der Waals surface area contributed by atoms with E-state index in [9.17, 15) is 8.42 Å². The minimum atomic E-state index is -3.68. The predicted octanol–water partition coefficient (Wildman–Crippen LogP) is 3.90. The second kappa shape index (κ2) is 5.75. The number of nitrogens with one attached hydrogen (secondary N) is 1. The van der Waals surface area contributed by atoms with Gasteiger partial charge in [0, 0.05) is 14.6 Å². The predicted molar refractivity (Wildman–Crippen MR) is 88.2 cm³/mol. The lowest BCUT2D eigenvalue weighted by Crippen LogP contribution is -2.14. The number of rotatable bonds is 3. The molecule has 0 atom stereocenters. The average Bonchev–Trinajstić information content (AvgIpc) is 2.33. The van der Waals surface area contributed by atoms with Gasteiger partial charge in [-0.25, -0.2) is 8.42 Å². The van der Waals surface area contributed by atoms with Gasteiger partial charge in [-0.05, 0) is 58.7 Å². The van der Waals surface area contributed by atoms with Crippen molar-refractivity contribution in [1.82, 2.24) is 0 Å². The number of nitrogen functional groups attached to an aromatic ring is 1. The number of hydrogen-bond acceptors (Lipinski definition) is 3. The fourth-order valence-electron chi connectivity index (χ4n) is 1.65. The van der Waals surface area contributed by atoms with Crippen LogP contribution in [0.1, 0.15) is 5.56 Å². The summed E-state index contributed by atoms with van der Waals surface area (Å²) in [4.78, 5) is 0.164. The van der Waals surface area contributed by atoms with Crippen molar-refractivity contribution in [1.29, 1.82) is 0 Å². The molecule has 0 radical (unpaired) electrons. The number of halogens is 2. The molecule has 0 unspecified atom stereocenters. The monoisotopic (exact) mass is 418 g/mol. The van der Waals surface area contributed by atoms with E-state index in [1.54, 1.807) is 36.4 Å². The highest BCUT2D eigenvalue weighted by Crippen LogP contribution is 2.30. The maximum absolute atomic E-state index is 12.4. The molecule has 0 saturated carbocycles. The van der Waals surface area contributed by atoms with Gasteiger partial charge in [-0.2, -0.15) is 0 Å². The quantitative estimate of drug-likeness (QED) is 0.741. The summed E-state index contributed by atoms with van der Waals surface area (Å²) in [7, 11) is -3.68. The van der Waals surface area contributed by atoms with E-state index in [-0.39, 0.29) is 4.90 Å². The van der Waals surface area contributed by atoms with E-state index < -0.39 is 10.0 Å². The molecular weight excluding hydrogens is 408 g/mol. The van der Waals surface area contributed by atoms with Crippen LogP contribution in [0.3, 0.4) is 0 Å². The molecule has 0 amide bonds. The summed E-state index contributed by atoms with van der Waals surface area (Å²) >= 11 is 6.62. The molecule has 0 heterocycles. The van der Waals surface area contributed by atoms with Crippen molar-refractivity contribution in [3.63, 3.8) is 0 Å². The van der Waals surface area contributed by atoms with Crippen LogP contribution in [0.2, 0.25) is 0 Å². The Balaban J connectivity index is 2.43. The van der Waals surface area contributed by atoms with E-state index in [4.69, 9.17) is 5.73 Å². The van der Waals surface area contributed by atoms with Crippen molar-refractivity contribution in [3.8, 4) is 0 Å². The number of hydrogen-bond donors (Lipinski definition) is 2. The smallest absolute Gasteiger partial charge is 0.263 e. The molecule has 0 aliphatic heterocycles. The van der Waals surface area contributed by atoms with Crippen molar-refractivity contribution in [2.45, 2.75) is 11.8 Å². The van der Waals surface area contributed by atoms with Crippen LogP contribution >= 0.6 is 31.9 Å². The minimum Gasteiger partial charge on any atom is -0.399 e. The summed E-state index contributed by atoms with van der Waals surface area (Å²) < 4.78 is 28.5. The molecule has 0 bridgehead atoms. The third-order valence-electron chi connectivity index (χ3n) is 2.64. The Kier molecular flexibility index (Phi) is 4.41. The van der Waals surface area contributed by atoms with E-state index in [1.165, 1.54) is 0 Å². The zero-order chi connectivity index (χ0) is 14.9. The van der Waals surface area contributed by atoms with Crippen LogP contribution in [0.25, 0.3) is 0 Å². The summed E-state index contributed by atoms with van der Waals surface area (Å²) in [5.74, 6) is 0. The number of sulfonamides is 1. The molecule has 2 rings (SSSR count). The van der Waals surface area contributed by atoms with Gasteiger partial charge in [0.2, 0.25) is 0 Å². The lowest BCUT2D eigenvalue weighted by molar-refractivity contribution is 0.600. The second-order valence-electron chi connectivity index (χ2n) is 4.26. The van der Waals surface area contributed by atoms with Gasteiger partial charge >= 0.3 is 0 Å². The van der Waals surface area contributed by atoms with E-state index in [2.05, 4.69) is 36.6 Å². The van der Waals surface area contributed by atoms with Gasteiger partial charge < -0.3 is 5.73 Å². The highest BCUT2D eigenvalue weighted by molar-refractivity contribution is 9.11. The SMILES string of the molecule is Cc1cc(Br)c(S(=O)(=O)Nc2cccc(N)c2)cc1Br. The maximum Gasteiger partial charge on any atom is 0.263 e. The van der Waals surface area contributed by atoms with Crippen molar-refractivity contribution in [2.24, 2.45) is 0 Å². The highest BCUT2D eigenvalue weighted by atomic mass is 79.9. The topological polar surface area (TPSA) is 72.2 Å². The zero-order valence-corrected chi connectivity index (χ0v) is 14.5. The van der Waals surface area contributed by atoms with Gasteiger partial charge in [0.1, 0.15) is 4.90 Å². The van der Waals surface area contributed by atoms with Crippen LogP contribution in [0.15, 0.2) is 50.2 Å². The molecule has 0 aliphatic rings. The van der Waals surface area contributed by atoms with E-state index in [0.717, 1.165) is 10.0 Å². The Morgan fingerprint density at radius 3 is 2.45 bits per heavy atom. The molecule has 106 valence electrons. The van der Waals surface area contributed by atoms with Gasteiger partial charge in [0.05, 0.1) is 5.69 Å². The van der Waals surface area contributed by atoms with Crippen molar-refractivity contribution in [3.05, 3.63) is 50.9 Å². The molecule has 2 aromatic rings. The van der Waals surface area contributed by atoms with Gasteiger partial charge in [-0.3, -0.25) is 4.72 Å². The van der Waals surface area contributed by atoms with Crippen LogP contribution in [-0.4, -0.2) is 8.42 Å². The van der Waals surface area contributed by atoms with E-state index in [0.29, 0.717) is 15.8 Å². The third-order valence-corrected chi connectivity index (χ3v) is 5.84. The maximum atomic E-state index is 12.4. The van der Waals surface area contributed by atoms with Crippen molar-refractivity contribution >= 4 is 53.3 Å². The average molecular weight is 420 g/mol. The number of benzene rings is 2. The summed E-state index contributed by atoms with van der Waals surface area (Å²) in [6.45, 7) is 1.89. The molecule has 20 heavy (non-hydrogen) atoms. The van der Waals surface area contributed by atoms with Crippen molar-refractivity contribution in [2.75, 3.05) is 10.5 Å². The largest absolute Gasteiger partial charge is 0.399 e. The fraction of sp³-hybridized carbons (Fsp3) is 0.0769. The summed E-state index contributed by atoms with van der Waals surface area (Å²) in [5.41, 5.74) is 7.50. The van der Waals surface area contributed by atoms with E-state index in [1.807, 2.05) is 6.92 Å². The van der Waals surface area contributed by atoms with Gasteiger partial charge in [-0.1, -0.05) is 22.0 Å². The summed E-state index contributed by atoms with van der Waals surface area (Å²) in [6.07, 6.45) is 0. The zero-order valence-electron chi connectivity index (χ0n) is 10.5. The Morgan fingerprint density at radius 2 is 1.80 bits per heavy atom. The van der Waals surface area contributed by atoms with Crippen LogP contribution in [-0.2, 0) is 10.0 Å². The highest BCUT2D eigenvalue weighted by Gasteiger charge is 2.19. The van der Waals surface area contributed by atoms with Crippen LogP contribution < -0.4 is 10.5 Å².